The molecule has 0 amide bonds. The van der Waals surface area contributed by atoms with Crippen molar-refractivity contribution in [1.29, 1.82) is 0 Å². The fraction of sp³-hybridized carbons (Fsp3) is 0.300. The summed E-state index contributed by atoms with van der Waals surface area (Å²) in [6.07, 6.45) is 7.74. The van der Waals surface area contributed by atoms with Crippen molar-refractivity contribution in [3.8, 4) is 0 Å². The van der Waals surface area contributed by atoms with Crippen molar-refractivity contribution in [3.05, 3.63) is 58.7 Å². The molecular weight excluding hydrogens is 240 g/mol. The minimum absolute atomic E-state index is 1.26. The van der Waals surface area contributed by atoms with Crippen LogP contribution >= 0.6 is 0 Å². The van der Waals surface area contributed by atoms with Gasteiger partial charge in [0.05, 0.1) is 0 Å². The molecule has 0 unspecified atom stereocenters. The topological polar surface area (TPSA) is 0 Å². The van der Waals surface area contributed by atoms with Crippen molar-refractivity contribution in [2.45, 2.75) is 38.5 Å². The molecule has 0 heteroatoms. The highest BCUT2D eigenvalue weighted by Gasteiger charge is 2.22. The molecule has 20 heavy (non-hydrogen) atoms. The van der Waals surface area contributed by atoms with E-state index in [2.05, 4.69) is 36.4 Å². The van der Waals surface area contributed by atoms with E-state index in [0.717, 1.165) is 0 Å². The molecule has 5 rings (SSSR count). The molecule has 0 radical (unpaired) electrons. The number of hydrogen-bond acceptors (Lipinski definition) is 0. The van der Waals surface area contributed by atoms with E-state index in [4.69, 9.17) is 0 Å². The van der Waals surface area contributed by atoms with Gasteiger partial charge in [-0.3, -0.25) is 0 Å². The summed E-state index contributed by atoms with van der Waals surface area (Å²) in [5.41, 5.74) is 6.53. The minimum atomic E-state index is 1.26. The lowest BCUT2D eigenvalue weighted by atomic mass is 9.78. The first-order valence-electron chi connectivity index (χ1n) is 7.90. The van der Waals surface area contributed by atoms with Crippen molar-refractivity contribution in [2.75, 3.05) is 0 Å². The van der Waals surface area contributed by atoms with Crippen LogP contribution in [0.15, 0.2) is 36.4 Å². The second kappa shape index (κ2) is 3.85. The van der Waals surface area contributed by atoms with Crippen molar-refractivity contribution >= 4 is 21.5 Å². The van der Waals surface area contributed by atoms with E-state index >= 15 is 0 Å². The van der Waals surface area contributed by atoms with Crippen LogP contribution < -0.4 is 0 Å². The van der Waals surface area contributed by atoms with Gasteiger partial charge in [-0.2, -0.15) is 0 Å². The molecular formula is C20H18. The van der Waals surface area contributed by atoms with Gasteiger partial charge in [-0.15, -0.1) is 0 Å². The third-order valence-corrected chi connectivity index (χ3v) is 5.31. The van der Waals surface area contributed by atoms with Crippen molar-refractivity contribution in [1.82, 2.24) is 0 Å². The molecule has 0 N–H and O–H groups in total. The molecule has 0 atom stereocenters. The van der Waals surface area contributed by atoms with E-state index in [1.54, 1.807) is 33.0 Å². The Hall–Kier alpha value is -1.82. The Kier molecular flexibility index (Phi) is 2.10. The highest BCUT2D eigenvalue weighted by molar-refractivity contribution is 6.13. The first-order chi connectivity index (χ1) is 9.93. The zero-order valence-electron chi connectivity index (χ0n) is 11.7. The average molecular weight is 258 g/mol. The molecule has 2 aliphatic carbocycles. The summed E-state index contributed by atoms with van der Waals surface area (Å²) in [5.74, 6) is 0. The van der Waals surface area contributed by atoms with Crippen molar-refractivity contribution < 1.29 is 0 Å². The Balaban J connectivity index is 2.12. The van der Waals surface area contributed by atoms with Gasteiger partial charge in [0.1, 0.15) is 0 Å². The van der Waals surface area contributed by atoms with Crippen LogP contribution in [0.25, 0.3) is 21.5 Å². The molecule has 0 aliphatic heterocycles. The fourth-order valence-corrected chi connectivity index (χ4v) is 4.54. The quantitative estimate of drug-likeness (QED) is 0.499. The Morgan fingerprint density at radius 3 is 1.55 bits per heavy atom. The first kappa shape index (κ1) is 10.9. The standard InChI is InChI=1S/C20H18/c1-5-13-6-2-11-17-18-12-4-8-14-7-3-10-16(20(14)18)15(9-1)19(13)17/h1,3,5,7,9-10H,2,4,6,8,11-12H2. The lowest BCUT2D eigenvalue weighted by Gasteiger charge is -2.26. The molecule has 0 spiro atoms. The van der Waals surface area contributed by atoms with Crippen molar-refractivity contribution in [3.63, 3.8) is 0 Å². The summed E-state index contributed by atoms with van der Waals surface area (Å²) < 4.78 is 0. The molecule has 0 bridgehead atoms. The molecule has 2 aliphatic rings. The maximum absolute atomic E-state index is 2.34. The van der Waals surface area contributed by atoms with Crippen LogP contribution in [-0.2, 0) is 25.7 Å². The van der Waals surface area contributed by atoms with Gasteiger partial charge in [0, 0.05) is 0 Å². The van der Waals surface area contributed by atoms with Crippen LogP contribution in [0, 0.1) is 0 Å². The number of fused-ring (bicyclic) bond motifs is 2. The van der Waals surface area contributed by atoms with Crippen LogP contribution in [0.2, 0.25) is 0 Å². The van der Waals surface area contributed by atoms with E-state index in [1.807, 2.05) is 0 Å². The van der Waals surface area contributed by atoms with E-state index < -0.39 is 0 Å². The summed E-state index contributed by atoms with van der Waals surface area (Å²) >= 11 is 0. The van der Waals surface area contributed by atoms with E-state index in [0.29, 0.717) is 0 Å². The molecule has 0 saturated carbocycles. The smallest absolute Gasteiger partial charge is 0.00996 e. The second-order valence-electron chi connectivity index (χ2n) is 6.34. The number of hydrogen-bond donors (Lipinski definition) is 0. The number of aryl methyl sites for hydroxylation is 4. The average Bonchev–Trinajstić information content (AvgIpc) is 2.52. The Bertz CT molecular complexity index is 782. The van der Waals surface area contributed by atoms with Crippen LogP contribution in [0.4, 0.5) is 0 Å². The Labute approximate surface area is 119 Å². The third-order valence-electron chi connectivity index (χ3n) is 5.31. The predicted molar refractivity (Wildman–Crippen MR) is 85.5 cm³/mol. The van der Waals surface area contributed by atoms with Crippen LogP contribution in [0.5, 0.6) is 0 Å². The van der Waals surface area contributed by atoms with Gasteiger partial charge in [-0.05, 0) is 82.3 Å². The Morgan fingerprint density at radius 2 is 1.05 bits per heavy atom. The van der Waals surface area contributed by atoms with Gasteiger partial charge >= 0.3 is 0 Å². The first-order valence-corrected chi connectivity index (χ1v) is 7.90. The molecule has 0 saturated heterocycles. The van der Waals surface area contributed by atoms with Gasteiger partial charge in [0.15, 0.2) is 0 Å². The summed E-state index contributed by atoms with van der Waals surface area (Å²) in [6.45, 7) is 0. The summed E-state index contributed by atoms with van der Waals surface area (Å²) in [5, 5.41) is 6.19. The lowest BCUT2D eigenvalue weighted by Crippen LogP contribution is -2.10. The third kappa shape index (κ3) is 1.27. The molecule has 98 valence electrons. The largest absolute Gasteiger partial charge is 0.0613 e. The molecule has 0 fully saturated rings. The number of rotatable bonds is 0. The molecule has 0 heterocycles. The van der Waals surface area contributed by atoms with Crippen LogP contribution in [0.1, 0.15) is 35.1 Å². The summed E-state index contributed by atoms with van der Waals surface area (Å²) in [6, 6.07) is 13.9. The van der Waals surface area contributed by atoms with E-state index in [9.17, 15) is 0 Å². The summed E-state index contributed by atoms with van der Waals surface area (Å²) in [4.78, 5) is 0. The van der Waals surface area contributed by atoms with Gasteiger partial charge < -0.3 is 0 Å². The maximum Gasteiger partial charge on any atom is -0.00996 e. The van der Waals surface area contributed by atoms with Gasteiger partial charge in [-0.25, -0.2) is 0 Å². The van der Waals surface area contributed by atoms with Crippen LogP contribution in [0.3, 0.4) is 0 Å². The predicted octanol–water partition coefficient (Wildman–Crippen LogP) is 4.97. The zero-order chi connectivity index (χ0) is 13.1. The highest BCUT2D eigenvalue weighted by Crippen LogP contribution is 2.42. The highest BCUT2D eigenvalue weighted by atomic mass is 14.3. The molecule has 0 nitrogen and oxygen atoms in total. The maximum atomic E-state index is 2.34. The SMILES string of the molecule is c1cc2c3c(c4c5c(cccc5c3c1)CCC4)CCC2. The fourth-order valence-electron chi connectivity index (χ4n) is 4.54. The van der Waals surface area contributed by atoms with Gasteiger partial charge in [-0.1, -0.05) is 36.4 Å². The van der Waals surface area contributed by atoms with Gasteiger partial charge in [0.2, 0.25) is 0 Å². The molecule has 3 aromatic carbocycles. The second-order valence-corrected chi connectivity index (χ2v) is 6.34. The zero-order valence-corrected chi connectivity index (χ0v) is 11.7. The normalized spacial score (nSPS) is 16.8. The van der Waals surface area contributed by atoms with Crippen molar-refractivity contribution in [2.24, 2.45) is 0 Å². The van der Waals surface area contributed by atoms with Crippen LogP contribution in [-0.4, -0.2) is 0 Å². The monoisotopic (exact) mass is 258 g/mol. The lowest BCUT2D eigenvalue weighted by molar-refractivity contribution is 0.765. The van der Waals surface area contributed by atoms with E-state index in [1.165, 1.54) is 49.3 Å². The van der Waals surface area contributed by atoms with Gasteiger partial charge in [0.25, 0.3) is 0 Å². The minimum Gasteiger partial charge on any atom is -0.0613 e. The Morgan fingerprint density at radius 1 is 0.550 bits per heavy atom. The summed E-state index contributed by atoms with van der Waals surface area (Å²) in [7, 11) is 0. The molecule has 3 aromatic rings. The van der Waals surface area contributed by atoms with E-state index in [-0.39, 0.29) is 0 Å². The molecule has 0 aromatic heterocycles. The number of benzene rings is 3.